The van der Waals surface area contributed by atoms with Gasteiger partial charge in [0, 0.05) is 25.7 Å². The molecule has 0 N–H and O–H groups in total. The quantitative estimate of drug-likeness (QED) is 0.500. The van der Waals surface area contributed by atoms with Crippen LogP contribution in [-0.4, -0.2) is 32.7 Å². The van der Waals surface area contributed by atoms with Gasteiger partial charge in [-0.25, -0.2) is 0 Å². The second-order valence-electron chi connectivity index (χ2n) is 3.50. The average molecular weight is 222 g/mol. The van der Waals surface area contributed by atoms with Crippen LogP contribution in [0.5, 0.6) is 0 Å². The summed E-state index contributed by atoms with van der Waals surface area (Å²) in [5.41, 5.74) is 0.777. The summed E-state index contributed by atoms with van der Waals surface area (Å²) in [6.07, 6.45) is 1.30. The number of hydrogen-bond acceptors (Lipinski definition) is 3. The highest BCUT2D eigenvalue weighted by atomic mass is 16.5. The van der Waals surface area contributed by atoms with Gasteiger partial charge in [0.15, 0.2) is 5.78 Å². The Hall–Kier alpha value is -1.19. The topological polar surface area (TPSA) is 35.5 Å². The molecule has 1 aromatic rings. The zero-order valence-corrected chi connectivity index (χ0v) is 9.65. The Kier molecular flexibility index (Phi) is 6.45. The molecule has 3 nitrogen and oxygen atoms in total. The first kappa shape index (κ1) is 12.9. The summed E-state index contributed by atoms with van der Waals surface area (Å²) in [5, 5.41) is 0. The molecule has 0 aliphatic rings. The summed E-state index contributed by atoms with van der Waals surface area (Å²) in [6.45, 7) is 1.81. The Bertz CT molecular complexity index is 295. The molecule has 0 aliphatic heterocycles. The van der Waals surface area contributed by atoms with Crippen LogP contribution >= 0.6 is 0 Å². The highest BCUT2D eigenvalue weighted by Crippen LogP contribution is 2.04. The highest BCUT2D eigenvalue weighted by Gasteiger charge is 2.03. The smallest absolute Gasteiger partial charge is 0.162 e. The Morgan fingerprint density at radius 2 is 1.88 bits per heavy atom. The number of carbonyl (C=O) groups excluding carboxylic acids is 1. The third-order valence-electron chi connectivity index (χ3n) is 2.22. The van der Waals surface area contributed by atoms with Crippen LogP contribution in [-0.2, 0) is 9.47 Å². The molecule has 0 aliphatic carbocycles. The molecular weight excluding hydrogens is 204 g/mol. The van der Waals surface area contributed by atoms with E-state index in [1.807, 2.05) is 30.3 Å². The molecule has 1 rings (SSSR count). The molecule has 0 fully saturated rings. The van der Waals surface area contributed by atoms with E-state index in [0.29, 0.717) is 26.2 Å². The van der Waals surface area contributed by atoms with E-state index in [4.69, 9.17) is 9.47 Å². The molecule has 88 valence electrons. The summed E-state index contributed by atoms with van der Waals surface area (Å²) in [6, 6.07) is 9.34. The highest BCUT2D eigenvalue weighted by molar-refractivity contribution is 5.95. The van der Waals surface area contributed by atoms with Crippen LogP contribution < -0.4 is 0 Å². The lowest BCUT2D eigenvalue weighted by Crippen LogP contribution is -2.05. The van der Waals surface area contributed by atoms with E-state index < -0.39 is 0 Å². The van der Waals surface area contributed by atoms with Crippen LogP contribution in [0.4, 0.5) is 0 Å². The van der Waals surface area contributed by atoms with Gasteiger partial charge in [0.25, 0.3) is 0 Å². The van der Waals surface area contributed by atoms with E-state index in [0.717, 1.165) is 12.0 Å². The van der Waals surface area contributed by atoms with E-state index in [-0.39, 0.29) is 5.78 Å². The summed E-state index contributed by atoms with van der Waals surface area (Å²) in [7, 11) is 1.64. The molecular formula is C13H18O3. The summed E-state index contributed by atoms with van der Waals surface area (Å²) in [4.78, 5) is 11.7. The maximum Gasteiger partial charge on any atom is 0.162 e. The van der Waals surface area contributed by atoms with Gasteiger partial charge < -0.3 is 9.47 Å². The lowest BCUT2D eigenvalue weighted by atomic mass is 10.1. The summed E-state index contributed by atoms with van der Waals surface area (Å²) >= 11 is 0. The molecule has 1 aromatic carbocycles. The maximum absolute atomic E-state index is 11.7. The largest absolute Gasteiger partial charge is 0.382 e. The Balaban J connectivity index is 2.12. The maximum atomic E-state index is 11.7. The van der Waals surface area contributed by atoms with E-state index in [2.05, 4.69) is 0 Å². The number of ketones is 1. The van der Waals surface area contributed by atoms with Crippen molar-refractivity contribution in [2.45, 2.75) is 12.8 Å². The zero-order valence-electron chi connectivity index (χ0n) is 9.65. The first-order chi connectivity index (χ1) is 7.84. The van der Waals surface area contributed by atoms with Gasteiger partial charge in [0.2, 0.25) is 0 Å². The Labute approximate surface area is 96.4 Å². The summed E-state index contributed by atoms with van der Waals surface area (Å²) < 4.78 is 10.1. The van der Waals surface area contributed by atoms with Crippen molar-refractivity contribution in [2.24, 2.45) is 0 Å². The van der Waals surface area contributed by atoms with Gasteiger partial charge in [-0.05, 0) is 6.42 Å². The summed E-state index contributed by atoms with van der Waals surface area (Å²) in [5.74, 6) is 0.177. The van der Waals surface area contributed by atoms with E-state index in [9.17, 15) is 4.79 Å². The van der Waals surface area contributed by atoms with Crippen molar-refractivity contribution in [3.63, 3.8) is 0 Å². The van der Waals surface area contributed by atoms with Crippen molar-refractivity contribution < 1.29 is 14.3 Å². The van der Waals surface area contributed by atoms with Gasteiger partial charge >= 0.3 is 0 Å². The van der Waals surface area contributed by atoms with Crippen LogP contribution in [0.15, 0.2) is 30.3 Å². The molecule has 0 atom stereocenters. The Morgan fingerprint density at radius 1 is 1.12 bits per heavy atom. The monoisotopic (exact) mass is 222 g/mol. The van der Waals surface area contributed by atoms with Gasteiger partial charge in [-0.3, -0.25) is 4.79 Å². The van der Waals surface area contributed by atoms with Gasteiger partial charge in [-0.15, -0.1) is 0 Å². The molecule has 0 spiro atoms. The predicted molar refractivity (Wildman–Crippen MR) is 62.7 cm³/mol. The normalized spacial score (nSPS) is 10.3. The average Bonchev–Trinajstić information content (AvgIpc) is 2.34. The lowest BCUT2D eigenvalue weighted by molar-refractivity contribution is 0.0670. The first-order valence-corrected chi connectivity index (χ1v) is 5.49. The van der Waals surface area contributed by atoms with Crippen LogP contribution in [0.25, 0.3) is 0 Å². The fraction of sp³-hybridized carbons (Fsp3) is 0.462. The molecule has 16 heavy (non-hydrogen) atoms. The molecule has 0 heterocycles. The SMILES string of the molecule is COCCOCCCC(=O)c1ccccc1. The van der Waals surface area contributed by atoms with E-state index >= 15 is 0 Å². The molecule has 0 aromatic heterocycles. The third kappa shape index (κ3) is 5.05. The molecule has 0 saturated heterocycles. The number of methoxy groups -OCH3 is 1. The van der Waals surface area contributed by atoms with Crippen LogP contribution in [0, 0.1) is 0 Å². The van der Waals surface area contributed by atoms with Crippen molar-refractivity contribution >= 4 is 5.78 Å². The number of rotatable bonds is 8. The van der Waals surface area contributed by atoms with Crippen molar-refractivity contribution in [1.82, 2.24) is 0 Å². The number of Topliss-reactive ketones (excluding diaryl/α,β-unsaturated/α-hetero) is 1. The predicted octanol–water partition coefficient (Wildman–Crippen LogP) is 2.31. The van der Waals surface area contributed by atoms with Crippen LogP contribution in [0.3, 0.4) is 0 Å². The number of carbonyl (C=O) groups is 1. The fourth-order valence-electron chi connectivity index (χ4n) is 1.35. The molecule has 0 radical (unpaired) electrons. The molecule has 0 amide bonds. The number of hydrogen-bond donors (Lipinski definition) is 0. The molecule has 0 unspecified atom stereocenters. The van der Waals surface area contributed by atoms with Gasteiger partial charge in [-0.2, -0.15) is 0 Å². The third-order valence-corrected chi connectivity index (χ3v) is 2.22. The Morgan fingerprint density at radius 3 is 2.56 bits per heavy atom. The van der Waals surface area contributed by atoms with Gasteiger partial charge in [-0.1, -0.05) is 30.3 Å². The minimum atomic E-state index is 0.177. The van der Waals surface area contributed by atoms with Crippen molar-refractivity contribution in [3.05, 3.63) is 35.9 Å². The van der Waals surface area contributed by atoms with E-state index in [1.54, 1.807) is 7.11 Å². The molecule has 3 heteroatoms. The standard InChI is InChI=1S/C13H18O3/c1-15-10-11-16-9-5-8-13(14)12-6-3-2-4-7-12/h2-4,6-7H,5,8-11H2,1H3. The van der Waals surface area contributed by atoms with Gasteiger partial charge in [0.05, 0.1) is 13.2 Å². The van der Waals surface area contributed by atoms with E-state index in [1.165, 1.54) is 0 Å². The first-order valence-electron chi connectivity index (χ1n) is 5.49. The molecule has 0 bridgehead atoms. The van der Waals surface area contributed by atoms with Crippen molar-refractivity contribution in [2.75, 3.05) is 26.9 Å². The van der Waals surface area contributed by atoms with Crippen molar-refractivity contribution in [1.29, 1.82) is 0 Å². The second-order valence-corrected chi connectivity index (χ2v) is 3.50. The number of benzene rings is 1. The lowest BCUT2D eigenvalue weighted by Gasteiger charge is -2.03. The van der Waals surface area contributed by atoms with Gasteiger partial charge in [0.1, 0.15) is 0 Å². The van der Waals surface area contributed by atoms with Crippen LogP contribution in [0.1, 0.15) is 23.2 Å². The fourth-order valence-corrected chi connectivity index (χ4v) is 1.35. The molecule has 0 saturated carbocycles. The minimum Gasteiger partial charge on any atom is -0.382 e. The minimum absolute atomic E-state index is 0.177. The number of ether oxygens (including phenoxy) is 2. The second kappa shape index (κ2) is 8.02. The van der Waals surface area contributed by atoms with Crippen LogP contribution in [0.2, 0.25) is 0 Å². The van der Waals surface area contributed by atoms with Crippen molar-refractivity contribution in [3.8, 4) is 0 Å². The zero-order chi connectivity index (χ0) is 11.6.